The predicted octanol–water partition coefficient (Wildman–Crippen LogP) is 2.51. The topological polar surface area (TPSA) is 79.4 Å². The van der Waals surface area contributed by atoms with Crippen LogP contribution < -0.4 is 14.4 Å². The molecule has 1 amide bonds. The highest BCUT2D eigenvalue weighted by Gasteiger charge is 2.42. The van der Waals surface area contributed by atoms with Gasteiger partial charge in [0.1, 0.15) is 17.5 Å². The Morgan fingerprint density at radius 1 is 0.909 bits per heavy atom. The summed E-state index contributed by atoms with van der Waals surface area (Å²) in [4.78, 5) is 17.6. The highest BCUT2D eigenvalue weighted by atomic mass is 32.2. The Hall–Kier alpha value is -2.78. The summed E-state index contributed by atoms with van der Waals surface area (Å²) in [7, 11) is -0.663. The van der Waals surface area contributed by atoms with Gasteiger partial charge in [0.15, 0.2) is 0 Å². The van der Waals surface area contributed by atoms with Gasteiger partial charge < -0.3 is 19.3 Å². The molecule has 0 bridgehead atoms. The molecule has 0 aromatic heterocycles. The molecule has 9 heteroatoms. The van der Waals surface area contributed by atoms with Crippen molar-refractivity contribution in [3.05, 3.63) is 48.0 Å². The van der Waals surface area contributed by atoms with Crippen molar-refractivity contribution in [2.75, 3.05) is 51.8 Å². The van der Waals surface area contributed by atoms with Crippen LogP contribution in [0.25, 0.3) is 0 Å². The Balaban J connectivity index is 1.46. The molecule has 0 aliphatic carbocycles. The quantitative estimate of drug-likeness (QED) is 0.642. The molecule has 2 aromatic carbocycles. The molecule has 0 spiro atoms. The molecule has 8 nitrogen and oxygen atoms in total. The molecule has 1 atom stereocenters. The Bertz CT molecular complexity index is 1100. The number of rotatable bonds is 6. The van der Waals surface area contributed by atoms with Crippen LogP contribution in [-0.4, -0.2) is 76.5 Å². The molecule has 1 unspecified atom stereocenters. The van der Waals surface area contributed by atoms with E-state index >= 15 is 0 Å². The summed E-state index contributed by atoms with van der Waals surface area (Å²) in [5.41, 5.74) is 1.73. The van der Waals surface area contributed by atoms with Gasteiger partial charge in [0.05, 0.1) is 19.1 Å². The molecule has 2 saturated heterocycles. The maximum absolute atomic E-state index is 13.5. The fourth-order valence-electron chi connectivity index (χ4n) is 4.58. The number of aryl methyl sites for hydroxylation is 1. The molecule has 0 saturated carbocycles. The number of methoxy groups -OCH3 is 2. The number of hydrogen-bond acceptors (Lipinski definition) is 6. The number of benzene rings is 2. The van der Waals surface area contributed by atoms with Crippen molar-refractivity contribution >= 4 is 21.6 Å². The zero-order chi connectivity index (χ0) is 23.6. The third kappa shape index (κ3) is 4.65. The molecular formula is C24H31N3O5S. The lowest BCUT2D eigenvalue weighted by Crippen LogP contribution is -2.54. The number of piperazine rings is 1. The van der Waals surface area contributed by atoms with Crippen LogP contribution in [0.2, 0.25) is 0 Å². The Morgan fingerprint density at radius 3 is 2.18 bits per heavy atom. The number of hydrogen-bond donors (Lipinski definition) is 0. The number of ether oxygens (including phenoxy) is 2. The number of carbonyl (C=O) groups excluding carboxylic acids is 1. The largest absolute Gasteiger partial charge is 0.497 e. The molecule has 2 heterocycles. The van der Waals surface area contributed by atoms with Crippen molar-refractivity contribution in [3.63, 3.8) is 0 Å². The van der Waals surface area contributed by atoms with Crippen molar-refractivity contribution in [1.82, 2.24) is 9.21 Å². The molecule has 4 rings (SSSR count). The smallest absolute Gasteiger partial charge is 0.244 e. The molecule has 2 aliphatic heterocycles. The fraction of sp³-hybridized carbons (Fsp3) is 0.458. The standard InChI is InChI=1S/C24H31N3O5S/c1-18-6-9-21(32-3)17-23(18)33(29,30)27-12-4-5-22(27)24(28)26-15-13-25(14-16-26)19-7-10-20(31-2)11-8-19/h6-11,17,22H,4-5,12-16H2,1-3H3. The molecule has 0 radical (unpaired) electrons. The summed E-state index contributed by atoms with van der Waals surface area (Å²) in [5.74, 6) is 1.18. The maximum Gasteiger partial charge on any atom is 0.244 e. The van der Waals surface area contributed by atoms with Crippen molar-refractivity contribution in [2.24, 2.45) is 0 Å². The van der Waals surface area contributed by atoms with Gasteiger partial charge in [-0.05, 0) is 55.7 Å². The molecule has 2 fully saturated rings. The predicted molar refractivity (Wildman–Crippen MR) is 126 cm³/mol. The summed E-state index contributed by atoms with van der Waals surface area (Å²) in [6.45, 7) is 4.64. The van der Waals surface area contributed by atoms with Crippen molar-refractivity contribution in [3.8, 4) is 11.5 Å². The summed E-state index contributed by atoms with van der Waals surface area (Å²) < 4.78 is 38.8. The van der Waals surface area contributed by atoms with E-state index in [1.807, 2.05) is 24.3 Å². The van der Waals surface area contributed by atoms with E-state index < -0.39 is 16.1 Å². The monoisotopic (exact) mass is 473 g/mol. The van der Waals surface area contributed by atoms with Gasteiger partial charge in [0.25, 0.3) is 0 Å². The molecule has 178 valence electrons. The first-order valence-electron chi connectivity index (χ1n) is 11.2. The zero-order valence-corrected chi connectivity index (χ0v) is 20.2. The summed E-state index contributed by atoms with van der Waals surface area (Å²) in [6.07, 6.45) is 1.21. The molecule has 2 aromatic rings. The highest BCUT2D eigenvalue weighted by molar-refractivity contribution is 7.89. The van der Waals surface area contributed by atoms with Crippen molar-refractivity contribution < 1.29 is 22.7 Å². The average Bonchev–Trinajstić information content (AvgIpc) is 3.35. The second-order valence-corrected chi connectivity index (χ2v) is 10.3. The van der Waals surface area contributed by atoms with Crippen LogP contribution in [0.4, 0.5) is 5.69 Å². The number of carbonyl (C=O) groups is 1. The van der Waals surface area contributed by atoms with Gasteiger partial charge in [-0.15, -0.1) is 0 Å². The SMILES string of the molecule is COc1ccc(N2CCN(C(=O)C3CCCN3S(=O)(=O)c3cc(OC)ccc3C)CC2)cc1. The normalized spacial score (nSPS) is 19.5. The number of anilines is 1. The third-order valence-electron chi connectivity index (χ3n) is 6.50. The number of nitrogens with zero attached hydrogens (tertiary/aromatic N) is 3. The van der Waals surface area contributed by atoms with E-state index in [2.05, 4.69) is 4.90 Å². The summed E-state index contributed by atoms with van der Waals surface area (Å²) in [5, 5.41) is 0. The first kappa shape index (κ1) is 23.4. The van der Waals surface area contributed by atoms with E-state index in [4.69, 9.17) is 9.47 Å². The second-order valence-electron chi connectivity index (χ2n) is 8.42. The zero-order valence-electron chi connectivity index (χ0n) is 19.4. The van der Waals surface area contributed by atoms with Crippen molar-refractivity contribution in [1.29, 1.82) is 0 Å². The van der Waals surface area contributed by atoms with Crippen LogP contribution >= 0.6 is 0 Å². The van der Waals surface area contributed by atoms with Crippen molar-refractivity contribution in [2.45, 2.75) is 30.7 Å². The number of sulfonamides is 1. The minimum atomic E-state index is -3.81. The van der Waals surface area contributed by atoms with E-state index in [0.717, 1.165) is 11.4 Å². The van der Waals surface area contributed by atoms with Gasteiger partial charge in [0.2, 0.25) is 15.9 Å². The van der Waals surface area contributed by atoms with Gasteiger partial charge in [-0.3, -0.25) is 4.79 Å². The minimum absolute atomic E-state index is 0.106. The van der Waals surface area contributed by atoms with Gasteiger partial charge in [0, 0.05) is 44.5 Å². The third-order valence-corrected chi connectivity index (χ3v) is 8.55. The highest BCUT2D eigenvalue weighted by Crippen LogP contribution is 2.31. The Kier molecular flexibility index (Phi) is 6.81. The van der Waals surface area contributed by atoms with Crippen LogP contribution in [0.3, 0.4) is 0 Å². The fourth-order valence-corrected chi connectivity index (χ4v) is 6.47. The Labute approximate surface area is 195 Å². The lowest BCUT2D eigenvalue weighted by Gasteiger charge is -2.38. The number of amides is 1. The molecule has 2 aliphatic rings. The lowest BCUT2D eigenvalue weighted by molar-refractivity contribution is -0.134. The molecule has 33 heavy (non-hydrogen) atoms. The molecule has 0 N–H and O–H groups in total. The first-order valence-corrected chi connectivity index (χ1v) is 12.6. The second kappa shape index (κ2) is 9.61. The van der Waals surface area contributed by atoms with E-state index in [1.54, 1.807) is 31.1 Å². The van der Waals surface area contributed by atoms with Crippen LogP contribution in [0.15, 0.2) is 47.4 Å². The van der Waals surface area contributed by atoms with Crippen LogP contribution in [0.5, 0.6) is 11.5 Å². The molecular weight excluding hydrogens is 442 g/mol. The maximum atomic E-state index is 13.5. The van der Waals surface area contributed by atoms with Gasteiger partial charge >= 0.3 is 0 Å². The van der Waals surface area contributed by atoms with E-state index in [1.165, 1.54) is 17.5 Å². The first-order chi connectivity index (χ1) is 15.8. The average molecular weight is 474 g/mol. The van der Waals surface area contributed by atoms with Gasteiger partial charge in [-0.2, -0.15) is 4.31 Å². The van der Waals surface area contributed by atoms with Crippen LogP contribution in [0.1, 0.15) is 18.4 Å². The van der Waals surface area contributed by atoms with Gasteiger partial charge in [-0.1, -0.05) is 6.07 Å². The lowest BCUT2D eigenvalue weighted by atomic mass is 10.1. The van der Waals surface area contributed by atoms with Crippen LogP contribution in [-0.2, 0) is 14.8 Å². The Morgan fingerprint density at radius 2 is 1.55 bits per heavy atom. The van der Waals surface area contributed by atoms with Crippen LogP contribution in [0, 0.1) is 6.92 Å². The van der Waals surface area contributed by atoms with E-state index in [9.17, 15) is 13.2 Å². The minimum Gasteiger partial charge on any atom is -0.497 e. The summed E-state index contributed by atoms with van der Waals surface area (Å²) >= 11 is 0. The summed E-state index contributed by atoms with van der Waals surface area (Å²) in [6, 6.07) is 12.2. The van der Waals surface area contributed by atoms with E-state index in [0.29, 0.717) is 56.9 Å². The van der Waals surface area contributed by atoms with E-state index in [-0.39, 0.29) is 10.8 Å². The van der Waals surface area contributed by atoms with Gasteiger partial charge in [-0.25, -0.2) is 8.42 Å².